The number of anilines is 1. The molecule has 3 rings (SSSR count). The van der Waals surface area contributed by atoms with Crippen LogP contribution in [0.4, 0.5) is 5.69 Å². The second-order valence-corrected chi connectivity index (χ2v) is 5.80. The fourth-order valence-corrected chi connectivity index (χ4v) is 3.15. The van der Waals surface area contributed by atoms with E-state index in [1.54, 1.807) is 24.3 Å². The van der Waals surface area contributed by atoms with Crippen LogP contribution in [0, 0.1) is 25.2 Å². The molecule has 1 aliphatic rings. The zero-order chi connectivity index (χ0) is 17.4. The van der Waals surface area contributed by atoms with E-state index >= 15 is 0 Å². The standard InChI is InChI=1S/C20H16N2O2/c1-4-6-15-12(2)9-10-13(3)18(15)22-19(23)16-8-5-7-14(11-21)17(16)20(22)24/h4-5,7-10H,1,6H2,2-3H3. The van der Waals surface area contributed by atoms with Crippen LogP contribution in [0.3, 0.4) is 0 Å². The molecule has 1 heterocycles. The smallest absolute Gasteiger partial charge is 0.267 e. The highest BCUT2D eigenvalue weighted by Gasteiger charge is 2.40. The third-order valence-corrected chi connectivity index (χ3v) is 4.33. The van der Waals surface area contributed by atoms with E-state index in [0.717, 1.165) is 16.7 Å². The zero-order valence-electron chi connectivity index (χ0n) is 13.6. The highest BCUT2D eigenvalue weighted by Crippen LogP contribution is 2.36. The molecule has 2 aromatic carbocycles. The summed E-state index contributed by atoms with van der Waals surface area (Å²) in [4.78, 5) is 27.0. The van der Waals surface area contributed by atoms with Gasteiger partial charge in [-0.25, -0.2) is 4.90 Å². The largest absolute Gasteiger partial charge is 0.268 e. The Hall–Kier alpha value is -3.19. The number of carbonyl (C=O) groups is 2. The molecule has 24 heavy (non-hydrogen) atoms. The molecule has 2 amide bonds. The molecule has 0 spiro atoms. The molecule has 0 unspecified atom stereocenters. The normalized spacial score (nSPS) is 13.0. The van der Waals surface area contributed by atoms with Gasteiger partial charge in [0, 0.05) is 0 Å². The number of fused-ring (bicyclic) bond motifs is 1. The molecule has 0 N–H and O–H groups in total. The van der Waals surface area contributed by atoms with E-state index < -0.39 is 5.91 Å². The molecule has 1 aliphatic heterocycles. The number of carbonyl (C=O) groups excluding carboxylic acids is 2. The van der Waals surface area contributed by atoms with E-state index in [-0.39, 0.29) is 22.6 Å². The third-order valence-electron chi connectivity index (χ3n) is 4.33. The fraction of sp³-hybridized carbons (Fsp3) is 0.150. The van der Waals surface area contributed by atoms with Crippen molar-refractivity contribution in [2.24, 2.45) is 0 Å². The Morgan fingerprint density at radius 3 is 2.50 bits per heavy atom. The Balaban J connectivity index is 2.26. The van der Waals surface area contributed by atoms with Crippen LogP contribution in [0.5, 0.6) is 0 Å². The van der Waals surface area contributed by atoms with Crippen molar-refractivity contribution < 1.29 is 9.59 Å². The maximum absolute atomic E-state index is 12.9. The number of aryl methyl sites for hydroxylation is 2. The van der Waals surface area contributed by atoms with E-state index in [0.29, 0.717) is 12.1 Å². The van der Waals surface area contributed by atoms with Crippen molar-refractivity contribution in [1.82, 2.24) is 0 Å². The van der Waals surface area contributed by atoms with Gasteiger partial charge in [-0.1, -0.05) is 24.3 Å². The van der Waals surface area contributed by atoms with Crippen LogP contribution < -0.4 is 4.90 Å². The van der Waals surface area contributed by atoms with Crippen molar-refractivity contribution >= 4 is 17.5 Å². The molecular weight excluding hydrogens is 300 g/mol. The summed E-state index contributed by atoms with van der Waals surface area (Å²) in [6.07, 6.45) is 2.31. The number of hydrogen-bond donors (Lipinski definition) is 0. The summed E-state index contributed by atoms with van der Waals surface area (Å²) in [5.41, 5.74) is 4.03. The van der Waals surface area contributed by atoms with Gasteiger partial charge in [-0.3, -0.25) is 9.59 Å². The van der Waals surface area contributed by atoms with Gasteiger partial charge in [-0.2, -0.15) is 5.26 Å². The molecule has 0 atom stereocenters. The van der Waals surface area contributed by atoms with Crippen LogP contribution in [0.1, 0.15) is 43.0 Å². The Bertz CT molecular complexity index is 935. The number of nitrogens with zero attached hydrogens (tertiary/aromatic N) is 2. The molecule has 0 aromatic heterocycles. The molecule has 0 saturated heterocycles. The van der Waals surface area contributed by atoms with Gasteiger partial charge in [0.05, 0.1) is 28.4 Å². The Kier molecular flexibility index (Phi) is 3.78. The molecule has 0 saturated carbocycles. The van der Waals surface area contributed by atoms with E-state index in [1.807, 2.05) is 32.0 Å². The van der Waals surface area contributed by atoms with Gasteiger partial charge < -0.3 is 0 Å². The van der Waals surface area contributed by atoms with Crippen molar-refractivity contribution in [3.63, 3.8) is 0 Å². The van der Waals surface area contributed by atoms with Gasteiger partial charge >= 0.3 is 0 Å². The van der Waals surface area contributed by atoms with E-state index in [9.17, 15) is 14.9 Å². The second-order valence-electron chi connectivity index (χ2n) is 5.80. The van der Waals surface area contributed by atoms with Crippen LogP contribution in [-0.4, -0.2) is 11.8 Å². The maximum atomic E-state index is 12.9. The summed E-state index contributed by atoms with van der Waals surface area (Å²) in [7, 11) is 0. The van der Waals surface area contributed by atoms with Gasteiger partial charge in [-0.05, 0) is 49.1 Å². The Morgan fingerprint density at radius 2 is 1.83 bits per heavy atom. The lowest BCUT2D eigenvalue weighted by Crippen LogP contribution is -2.31. The second kappa shape index (κ2) is 5.78. The number of imide groups is 1. The summed E-state index contributed by atoms with van der Waals surface area (Å²) in [6, 6.07) is 10.6. The number of hydrogen-bond acceptors (Lipinski definition) is 3. The fourth-order valence-electron chi connectivity index (χ4n) is 3.15. The van der Waals surface area contributed by atoms with Crippen LogP contribution >= 0.6 is 0 Å². The minimum absolute atomic E-state index is 0.190. The number of nitriles is 1. The SMILES string of the molecule is C=CCc1c(C)ccc(C)c1N1C(=O)c2cccc(C#N)c2C1=O. The van der Waals surface area contributed by atoms with Gasteiger partial charge in [0.25, 0.3) is 11.8 Å². The van der Waals surface area contributed by atoms with E-state index in [2.05, 4.69) is 6.58 Å². The molecule has 0 radical (unpaired) electrons. The van der Waals surface area contributed by atoms with Crippen LogP contribution in [0.15, 0.2) is 43.0 Å². The first-order chi connectivity index (χ1) is 11.5. The molecule has 0 fully saturated rings. The minimum atomic E-state index is -0.439. The first-order valence-electron chi connectivity index (χ1n) is 7.63. The monoisotopic (exact) mass is 316 g/mol. The molecule has 118 valence electrons. The first kappa shape index (κ1) is 15.7. The summed E-state index contributed by atoms with van der Waals surface area (Å²) in [5.74, 6) is -0.822. The number of rotatable bonds is 3. The van der Waals surface area contributed by atoms with Crippen molar-refractivity contribution in [2.75, 3.05) is 4.90 Å². The summed E-state index contributed by atoms with van der Waals surface area (Å²) < 4.78 is 0. The highest BCUT2D eigenvalue weighted by molar-refractivity contribution is 6.35. The van der Waals surface area contributed by atoms with Crippen molar-refractivity contribution in [3.8, 4) is 6.07 Å². The molecule has 0 aliphatic carbocycles. The predicted molar refractivity (Wildman–Crippen MR) is 92.1 cm³/mol. The highest BCUT2D eigenvalue weighted by atomic mass is 16.2. The lowest BCUT2D eigenvalue weighted by molar-refractivity contribution is 0.0925. The predicted octanol–water partition coefficient (Wildman–Crippen LogP) is 3.70. The summed E-state index contributed by atoms with van der Waals surface area (Å²) in [6.45, 7) is 7.58. The maximum Gasteiger partial charge on any atom is 0.267 e. The van der Waals surface area contributed by atoms with Crippen molar-refractivity contribution in [3.05, 3.63) is 76.4 Å². The molecule has 0 bridgehead atoms. The van der Waals surface area contributed by atoms with Gasteiger partial charge in [0.1, 0.15) is 0 Å². The minimum Gasteiger partial charge on any atom is -0.268 e. The van der Waals surface area contributed by atoms with E-state index in [4.69, 9.17) is 0 Å². The van der Waals surface area contributed by atoms with Crippen molar-refractivity contribution in [2.45, 2.75) is 20.3 Å². The number of amides is 2. The van der Waals surface area contributed by atoms with E-state index in [1.165, 1.54) is 4.90 Å². The topological polar surface area (TPSA) is 61.2 Å². The molecular formula is C20H16N2O2. The summed E-state index contributed by atoms with van der Waals surface area (Å²) in [5, 5.41) is 9.25. The van der Waals surface area contributed by atoms with Gasteiger partial charge in [0.2, 0.25) is 0 Å². The molecule has 4 heteroatoms. The van der Waals surface area contributed by atoms with Gasteiger partial charge in [0.15, 0.2) is 0 Å². The van der Waals surface area contributed by atoms with Crippen LogP contribution in [-0.2, 0) is 6.42 Å². The quantitative estimate of drug-likeness (QED) is 0.640. The molecule has 4 nitrogen and oxygen atoms in total. The molecule has 2 aromatic rings. The van der Waals surface area contributed by atoms with Gasteiger partial charge in [-0.15, -0.1) is 6.58 Å². The van der Waals surface area contributed by atoms with Crippen LogP contribution in [0.2, 0.25) is 0 Å². The van der Waals surface area contributed by atoms with Crippen molar-refractivity contribution in [1.29, 1.82) is 5.26 Å². The Morgan fingerprint density at radius 1 is 1.12 bits per heavy atom. The summed E-state index contributed by atoms with van der Waals surface area (Å²) >= 11 is 0. The third kappa shape index (κ3) is 2.14. The number of benzene rings is 2. The average Bonchev–Trinajstić information content (AvgIpc) is 2.83. The zero-order valence-corrected chi connectivity index (χ0v) is 13.6. The lowest BCUT2D eigenvalue weighted by Gasteiger charge is -2.22. The Labute approximate surface area is 140 Å². The number of allylic oxidation sites excluding steroid dienone is 1. The lowest BCUT2D eigenvalue weighted by atomic mass is 9.98. The van der Waals surface area contributed by atoms with Crippen LogP contribution in [0.25, 0.3) is 0 Å². The first-order valence-corrected chi connectivity index (χ1v) is 7.63. The average molecular weight is 316 g/mol.